The third-order valence-electron chi connectivity index (χ3n) is 3.40. The molecule has 2 atom stereocenters. The van der Waals surface area contributed by atoms with Crippen molar-refractivity contribution in [2.24, 2.45) is 5.92 Å². The molecule has 6 heteroatoms. The number of nitrogens with zero attached hydrogens (tertiary/aromatic N) is 3. The molecule has 3 N–H and O–H groups in total. The van der Waals surface area contributed by atoms with Gasteiger partial charge in [-0.15, -0.1) is 0 Å². The predicted octanol–water partition coefficient (Wildman–Crippen LogP) is 1.95. The first-order valence-electron chi connectivity index (χ1n) is 5.87. The van der Waals surface area contributed by atoms with Crippen LogP contribution in [0.2, 0.25) is 0 Å². The Balaban J connectivity index is 1.86. The van der Waals surface area contributed by atoms with Crippen LogP contribution >= 0.6 is 0 Å². The van der Waals surface area contributed by atoms with Gasteiger partial charge in [0.2, 0.25) is 0 Å². The second-order valence-electron chi connectivity index (χ2n) is 4.77. The molecule has 1 fully saturated rings. The maximum Gasteiger partial charge on any atom is 0.263 e. The number of nitrogens with two attached hydrogens (primary N) is 1. The molecule has 1 aliphatic carbocycles. The van der Waals surface area contributed by atoms with E-state index in [0.29, 0.717) is 23.2 Å². The fraction of sp³-hybridized carbons (Fsp3) is 0.545. The van der Waals surface area contributed by atoms with E-state index in [-0.39, 0.29) is 0 Å². The monoisotopic (exact) mass is 233 g/mol. The van der Waals surface area contributed by atoms with Gasteiger partial charge in [0.15, 0.2) is 5.82 Å². The number of H-pyrrole nitrogens is 1. The molecule has 0 amide bonds. The van der Waals surface area contributed by atoms with Crippen molar-refractivity contribution >= 4 is 5.82 Å². The van der Waals surface area contributed by atoms with Crippen LogP contribution in [0.25, 0.3) is 11.5 Å². The summed E-state index contributed by atoms with van der Waals surface area (Å²) in [6.07, 6.45) is 5.12. The van der Waals surface area contributed by atoms with Crippen LogP contribution in [0.3, 0.4) is 0 Å². The molecule has 0 aliphatic heterocycles. The van der Waals surface area contributed by atoms with Gasteiger partial charge in [-0.3, -0.25) is 5.10 Å². The van der Waals surface area contributed by atoms with Gasteiger partial charge >= 0.3 is 0 Å². The van der Waals surface area contributed by atoms with Gasteiger partial charge in [0.05, 0.1) is 6.20 Å². The number of aromatic nitrogens is 4. The van der Waals surface area contributed by atoms with Crippen molar-refractivity contribution in [3.8, 4) is 11.5 Å². The van der Waals surface area contributed by atoms with Crippen LogP contribution in [0.1, 0.15) is 37.9 Å². The zero-order chi connectivity index (χ0) is 11.8. The highest BCUT2D eigenvalue weighted by molar-refractivity contribution is 5.65. The summed E-state index contributed by atoms with van der Waals surface area (Å²) in [6, 6.07) is 0. The zero-order valence-corrected chi connectivity index (χ0v) is 9.68. The summed E-state index contributed by atoms with van der Waals surface area (Å²) in [5.41, 5.74) is 6.39. The van der Waals surface area contributed by atoms with E-state index in [1.807, 2.05) is 0 Å². The molecule has 6 nitrogen and oxygen atoms in total. The molecule has 2 unspecified atom stereocenters. The van der Waals surface area contributed by atoms with Gasteiger partial charge in [0.1, 0.15) is 11.4 Å². The van der Waals surface area contributed by atoms with Gasteiger partial charge in [-0.2, -0.15) is 10.1 Å². The van der Waals surface area contributed by atoms with Crippen LogP contribution in [-0.2, 0) is 0 Å². The van der Waals surface area contributed by atoms with E-state index in [1.165, 1.54) is 6.42 Å². The standard InChI is InChI=1S/C11H15N5O/c1-6-2-3-7(4-6)10-14-11(17-16-10)8-5-13-15-9(8)12/h5-7H,2-4H2,1H3,(H3,12,13,15). The number of anilines is 1. The van der Waals surface area contributed by atoms with Crippen LogP contribution in [-0.4, -0.2) is 20.3 Å². The normalized spacial score (nSPS) is 24.3. The topological polar surface area (TPSA) is 93.6 Å². The second-order valence-corrected chi connectivity index (χ2v) is 4.77. The number of aromatic amines is 1. The first-order valence-corrected chi connectivity index (χ1v) is 5.87. The molecule has 0 radical (unpaired) electrons. The smallest absolute Gasteiger partial charge is 0.263 e. The minimum atomic E-state index is 0.427. The second kappa shape index (κ2) is 3.87. The Morgan fingerprint density at radius 1 is 1.47 bits per heavy atom. The van der Waals surface area contributed by atoms with Crippen LogP contribution in [0.4, 0.5) is 5.82 Å². The number of nitrogens with one attached hydrogen (secondary N) is 1. The molecule has 0 saturated heterocycles. The maximum absolute atomic E-state index is 5.71. The van der Waals surface area contributed by atoms with Gasteiger partial charge in [-0.25, -0.2) is 0 Å². The molecule has 90 valence electrons. The molecular weight excluding hydrogens is 218 g/mol. The van der Waals surface area contributed by atoms with Gasteiger partial charge in [0, 0.05) is 5.92 Å². The largest absolute Gasteiger partial charge is 0.383 e. The van der Waals surface area contributed by atoms with Crippen molar-refractivity contribution in [1.82, 2.24) is 20.3 Å². The predicted molar refractivity (Wildman–Crippen MR) is 62.0 cm³/mol. The maximum atomic E-state index is 5.71. The fourth-order valence-corrected chi connectivity index (χ4v) is 2.42. The van der Waals surface area contributed by atoms with E-state index in [4.69, 9.17) is 10.3 Å². The Kier molecular flexibility index (Phi) is 2.35. The van der Waals surface area contributed by atoms with Crippen molar-refractivity contribution in [1.29, 1.82) is 0 Å². The quantitative estimate of drug-likeness (QED) is 0.826. The molecule has 2 heterocycles. The minimum absolute atomic E-state index is 0.427. The van der Waals surface area contributed by atoms with Crippen molar-refractivity contribution in [2.75, 3.05) is 5.73 Å². The van der Waals surface area contributed by atoms with E-state index in [2.05, 4.69) is 27.3 Å². The van der Waals surface area contributed by atoms with E-state index in [1.54, 1.807) is 6.20 Å². The first kappa shape index (κ1) is 10.3. The van der Waals surface area contributed by atoms with Crippen LogP contribution in [0.15, 0.2) is 10.7 Å². The Labute approximate surface area is 98.6 Å². The van der Waals surface area contributed by atoms with Crippen LogP contribution in [0.5, 0.6) is 0 Å². The van der Waals surface area contributed by atoms with Crippen LogP contribution < -0.4 is 5.73 Å². The highest BCUT2D eigenvalue weighted by Crippen LogP contribution is 2.37. The lowest BCUT2D eigenvalue weighted by atomic mass is 10.1. The lowest BCUT2D eigenvalue weighted by Gasteiger charge is -2.01. The molecule has 0 spiro atoms. The lowest BCUT2D eigenvalue weighted by molar-refractivity contribution is 0.415. The summed E-state index contributed by atoms with van der Waals surface area (Å²) in [7, 11) is 0. The zero-order valence-electron chi connectivity index (χ0n) is 9.68. The fourth-order valence-electron chi connectivity index (χ4n) is 2.42. The van der Waals surface area contributed by atoms with Gasteiger partial charge in [-0.1, -0.05) is 12.1 Å². The Hall–Kier alpha value is -1.85. The molecule has 2 aromatic heterocycles. The number of hydrogen-bond donors (Lipinski definition) is 2. The summed E-state index contributed by atoms with van der Waals surface area (Å²) in [4.78, 5) is 4.41. The van der Waals surface area contributed by atoms with E-state index in [0.717, 1.165) is 24.6 Å². The summed E-state index contributed by atoms with van der Waals surface area (Å²) in [5.74, 6) is 2.88. The number of rotatable bonds is 2. The Morgan fingerprint density at radius 3 is 3.00 bits per heavy atom. The van der Waals surface area contributed by atoms with Gasteiger partial charge in [0.25, 0.3) is 5.89 Å². The molecule has 17 heavy (non-hydrogen) atoms. The molecular formula is C11H15N5O. The summed E-state index contributed by atoms with van der Waals surface area (Å²) in [5, 5.41) is 10.5. The van der Waals surface area contributed by atoms with E-state index >= 15 is 0 Å². The highest BCUT2D eigenvalue weighted by atomic mass is 16.5. The molecule has 2 aromatic rings. The highest BCUT2D eigenvalue weighted by Gasteiger charge is 2.27. The van der Waals surface area contributed by atoms with Crippen LogP contribution in [0, 0.1) is 5.92 Å². The first-order chi connectivity index (χ1) is 8.24. The third-order valence-corrected chi connectivity index (χ3v) is 3.40. The molecule has 0 bridgehead atoms. The molecule has 1 aliphatic rings. The van der Waals surface area contributed by atoms with E-state index < -0.39 is 0 Å². The van der Waals surface area contributed by atoms with Crippen molar-refractivity contribution in [3.05, 3.63) is 12.0 Å². The summed E-state index contributed by atoms with van der Waals surface area (Å²) >= 11 is 0. The lowest BCUT2D eigenvalue weighted by Crippen LogP contribution is -1.96. The van der Waals surface area contributed by atoms with Gasteiger partial charge < -0.3 is 10.3 Å². The molecule has 0 aromatic carbocycles. The van der Waals surface area contributed by atoms with Crippen molar-refractivity contribution < 1.29 is 4.52 Å². The van der Waals surface area contributed by atoms with Crippen molar-refractivity contribution in [3.63, 3.8) is 0 Å². The Bertz CT molecular complexity index is 517. The Morgan fingerprint density at radius 2 is 2.35 bits per heavy atom. The SMILES string of the molecule is CC1CCC(c2noc(-c3cn[nH]c3N)n2)C1. The van der Waals surface area contributed by atoms with Gasteiger partial charge in [-0.05, 0) is 25.2 Å². The summed E-state index contributed by atoms with van der Waals surface area (Å²) in [6.45, 7) is 2.26. The average Bonchev–Trinajstić information content (AvgIpc) is 2.97. The summed E-state index contributed by atoms with van der Waals surface area (Å²) < 4.78 is 5.24. The average molecular weight is 233 g/mol. The number of hydrogen-bond acceptors (Lipinski definition) is 5. The minimum Gasteiger partial charge on any atom is -0.383 e. The molecule has 3 rings (SSSR count). The van der Waals surface area contributed by atoms with E-state index in [9.17, 15) is 0 Å². The van der Waals surface area contributed by atoms with Crippen molar-refractivity contribution in [2.45, 2.75) is 32.1 Å². The number of nitrogen functional groups attached to an aromatic ring is 1. The molecule has 1 saturated carbocycles. The third kappa shape index (κ3) is 1.79.